The number of nitrogens with zero attached hydrogens (tertiary/aromatic N) is 4. The molecule has 10 rings (SSSR count). The lowest BCUT2D eigenvalue weighted by Gasteiger charge is -2.34. The van der Waals surface area contributed by atoms with E-state index in [-0.39, 0.29) is 54.3 Å². The summed E-state index contributed by atoms with van der Waals surface area (Å²) in [6, 6.07) is 14.3. The average molecular weight is 1040 g/mol. The van der Waals surface area contributed by atoms with Crippen LogP contribution in [0, 0.1) is 11.7 Å². The molecule has 74 heavy (non-hydrogen) atoms. The molecule has 4 heterocycles. The van der Waals surface area contributed by atoms with E-state index < -0.39 is 17.3 Å². The van der Waals surface area contributed by atoms with Crippen molar-refractivity contribution in [2.75, 3.05) is 6.61 Å². The average Bonchev–Trinajstić information content (AvgIpc) is 4.12. The third-order valence-electron chi connectivity index (χ3n) is 12.8. The monoisotopic (exact) mass is 1040 g/mol. The van der Waals surface area contributed by atoms with E-state index >= 15 is 0 Å². The van der Waals surface area contributed by atoms with Crippen LogP contribution in [0.5, 0.6) is 5.75 Å². The van der Waals surface area contributed by atoms with Crippen molar-refractivity contribution < 1.29 is 37.8 Å². The number of aromatic amines is 3. The molecule has 4 aromatic heterocycles. The largest absolute Gasteiger partial charge is 0.493 e. The number of carbonyl (C=O) groups is 4. The van der Waals surface area contributed by atoms with E-state index in [0.717, 1.165) is 86.1 Å². The number of alkyl carbamates (subject to hydrolysis) is 2. The summed E-state index contributed by atoms with van der Waals surface area (Å²) < 4.78 is 29.4. The number of imidazole rings is 3. The first-order valence-electron chi connectivity index (χ1n) is 25.1. The predicted octanol–water partition coefficient (Wildman–Crippen LogP) is 9.54. The van der Waals surface area contributed by atoms with E-state index in [1.54, 1.807) is 42.9 Å². The van der Waals surface area contributed by atoms with Gasteiger partial charge >= 0.3 is 12.2 Å². The van der Waals surface area contributed by atoms with Gasteiger partial charge in [-0.1, -0.05) is 0 Å². The molecule has 0 saturated heterocycles. The Morgan fingerprint density at radius 3 is 1.59 bits per heavy atom. The molecule has 6 aromatic rings. The quantitative estimate of drug-likeness (QED) is 0.0599. The lowest BCUT2D eigenvalue weighted by atomic mass is 9.79. The Morgan fingerprint density at radius 2 is 1.16 bits per heavy atom. The number of amides is 3. The number of fused-ring (bicyclic) bond motifs is 1. The van der Waals surface area contributed by atoms with Gasteiger partial charge in [-0.2, -0.15) is 0 Å². The number of nitrogens with one attached hydrogen (secondary N) is 6. The van der Waals surface area contributed by atoms with Crippen LogP contribution < -0.4 is 26.4 Å². The van der Waals surface area contributed by atoms with Crippen molar-refractivity contribution in [3.05, 3.63) is 115 Å². The number of carbonyl (C=O) groups excluding carboxylic acids is 4. The van der Waals surface area contributed by atoms with Crippen LogP contribution >= 0.6 is 12.4 Å². The van der Waals surface area contributed by atoms with Crippen LogP contribution in [0.4, 0.5) is 14.0 Å². The van der Waals surface area contributed by atoms with Gasteiger partial charge in [-0.3, -0.25) is 4.79 Å². The SMILES string of the molecule is CC(C)(C)OC(=O)NC1CC(C=O)C1.CC(C)(C)OC(=O)NC1CC(c2ncc[nH]2)C1.CCOc1cc(-c2ccc(F)cc2)nc2cc(C(=O)NC3CC(c4ncc[nH]4)C3)ccc12.Cl.NC1CC(c2ncc[nH]2)C1. The van der Waals surface area contributed by atoms with Crippen molar-refractivity contribution in [3.8, 4) is 17.0 Å². The Hall–Kier alpha value is -6.86. The minimum atomic E-state index is -0.460. The summed E-state index contributed by atoms with van der Waals surface area (Å²) in [6.45, 7) is 13.5. The van der Waals surface area contributed by atoms with E-state index in [0.29, 0.717) is 52.9 Å². The highest BCUT2D eigenvalue weighted by Crippen LogP contribution is 2.37. The van der Waals surface area contributed by atoms with E-state index in [1.807, 2.05) is 79.2 Å². The maximum Gasteiger partial charge on any atom is 0.407 e. The van der Waals surface area contributed by atoms with Crippen molar-refractivity contribution in [3.63, 3.8) is 0 Å². The number of benzene rings is 2. The molecule has 0 radical (unpaired) electrons. The van der Waals surface area contributed by atoms with E-state index in [4.69, 9.17) is 24.9 Å². The van der Waals surface area contributed by atoms with Gasteiger partial charge in [0.05, 0.1) is 17.8 Å². The first-order valence-corrected chi connectivity index (χ1v) is 25.1. The highest BCUT2D eigenvalue weighted by molar-refractivity contribution is 5.99. The zero-order chi connectivity index (χ0) is 52.3. The van der Waals surface area contributed by atoms with Gasteiger partial charge in [-0.25, -0.2) is 33.9 Å². The van der Waals surface area contributed by atoms with Gasteiger partial charge in [0, 0.05) is 108 Å². The van der Waals surface area contributed by atoms with E-state index in [2.05, 4.69) is 45.9 Å². The summed E-state index contributed by atoms with van der Waals surface area (Å²) in [7, 11) is 0. The Bertz CT molecular complexity index is 2710. The third kappa shape index (κ3) is 16.3. The second-order valence-electron chi connectivity index (χ2n) is 21.1. The van der Waals surface area contributed by atoms with Gasteiger partial charge < -0.3 is 55.6 Å². The van der Waals surface area contributed by atoms with E-state index in [1.165, 1.54) is 12.1 Å². The predicted molar refractivity (Wildman–Crippen MR) is 282 cm³/mol. The van der Waals surface area contributed by atoms with Crippen molar-refractivity contribution in [1.29, 1.82) is 0 Å². The fraction of sp³-hybridized carbons (Fsp3) is 0.481. The second-order valence-corrected chi connectivity index (χ2v) is 21.1. The van der Waals surface area contributed by atoms with E-state index in [9.17, 15) is 23.6 Å². The Kier molecular flexibility index (Phi) is 19.4. The Balaban J connectivity index is 0.000000178. The van der Waals surface area contributed by atoms with Gasteiger partial charge in [-0.15, -0.1) is 12.4 Å². The molecule has 4 aliphatic carbocycles. The highest BCUT2D eigenvalue weighted by Gasteiger charge is 2.35. The van der Waals surface area contributed by atoms with Crippen LogP contribution in [0.15, 0.2) is 85.7 Å². The lowest BCUT2D eigenvalue weighted by molar-refractivity contribution is -0.113. The minimum Gasteiger partial charge on any atom is -0.493 e. The molecular formula is C54H71ClFN11O7. The van der Waals surface area contributed by atoms with Crippen LogP contribution in [0.3, 0.4) is 0 Å². The number of hydrogen-bond acceptors (Lipinski definition) is 12. The molecule has 0 unspecified atom stereocenters. The molecule has 8 N–H and O–H groups in total. The molecule has 2 aromatic carbocycles. The van der Waals surface area contributed by atoms with Gasteiger partial charge in [-0.05, 0) is 142 Å². The molecule has 4 fully saturated rings. The summed E-state index contributed by atoms with van der Waals surface area (Å²) in [5.74, 6) is 4.86. The smallest absolute Gasteiger partial charge is 0.407 e. The number of nitrogens with two attached hydrogens (primary N) is 1. The van der Waals surface area contributed by atoms with Crippen molar-refractivity contribution in [2.24, 2.45) is 11.7 Å². The van der Waals surface area contributed by atoms with Gasteiger partial charge in [0.2, 0.25) is 0 Å². The molecule has 4 aliphatic rings. The second kappa shape index (κ2) is 25.4. The van der Waals surface area contributed by atoms with Gasteiger partial charge in [0.1, 0.15) is 46.5 Å². The molecular weight excluding hydrogens is 969 g/mol. The maximum atomic E-state index is 13.3. The molecule has 0 aliphatic heterocycles. The van der Waals surface area contributed by atoms with Crippen LogP contribution in [-0.2, 0) is 14.3 Å². The summed E-state index contributed by atoms with van der Waals surface area (Å²) >= 11 is 0. The number of aromatic nitrogens is 7. The van der Waals surface area contributed by atoms with Gasteiger partial charge in [0.25, 0.3) is 5.91 Å². The summed E-state index contributed by atoms with van der Waals surface area (Å²) in [5, 5.41) is 9.51. The summed E-state index contributed by atoms with van der Waals surface area (Å²) in [4.78, 5) is 72.6. The molecule has 0 bridgehead atoms. The molecule has 0 spiro atoms. The fourth-order valence-electron chi connectivity index (χ4n) is 8.79. The number of ether oxygens (including phenoxy) is 3. The number of halogens is 2. The summed E-state index contributed by atoms with van der Waals surface area (Å²) in [6.07, 6.45) is 18.3. The first kappa shape index (κ1) is 56.4. The zero-order valence-corrected chi connectivity index (χ0v) is 44.0. The number of rotatable bonds is 11. The molecule has 18 nitrogen and oxygen atoms in total. The number of H-pyrrole nitrogens is 3. The minimum absolute atomic E-state index is 0. The molecule has 398 valence electrons. The zero-order valence-electron chi connectivity index (χ0n) is 43.2. The van der Waals surface area contributed by atoms with Crippen LogP contribution in [0.2, 0.25) is 0 Å². The molecule has 20 heteroatoms. The standard InChI is InChI=1S/C25H23FN4O2.C12H19N3O2.C10H17NO3.C7H11N3.ClH/c1-2-32-23-14-21(15-3-6-18(26)7-4-15)30-22-13-16(5-8-20(22)23)25(31)29-19-11-17(12-19)24-27-9-10-28-24;1-12(2,3)17-11(16)15-9-6-8(7-9)10-13-4-5-14-10;1-10(2,3)14-9(13)11-8-4-7(5-8)6-12;8-6-3-5(4-6)7-9-1-2-10-7;/h3-10,13-14,17,19H,2,11-12H2,1H3,(H,27,28)(H,29,31);4-5,8-9H,6-7H2,1-3H3,(H,13,14)(H,15,16);6-8H,4-5H2,1-3H3,(H,11,13);1-2,5-6H,3-4,8H2,(H,9,10);1H. The molecule has 3 amide bonds. The molecule has 0 atom stereocenters. The Labute approximate surface area is 437 Å². The number of pyridine rings is 1. The fourth-order valence-corrected chi connectivity index (χ4v) is 8.79. The number of aldehydes is 1. The molecule has 4 saturated carbocycles. The van der Waals surface area contributed by atoms with Gasteiger partial charge in [0.15, 0.2) is 0 Å². The summed E-state index contributed by atoms with van der Waals surface area (Å²) in [5.41, 5.74) is 7.39. The Morgan fingerprint density at radius 1 is 0.689 bits per heavy atom. The first-order chi connectivity index (χ1) is 34.8. The lowest BCUT2D eigenvalue weighted by Crippen LogP contribution is -2.46. The number of hydrogen-bond donors (Lipinski definition) is 7. The van der Waals surface area contributed by atoms with Crippen molar-refractivity contribution >= 4 is 47.7 Å². The topological polar surface area (TPSA) is 257 Å². The van der Waals surface area contributed by atoms with Crippen molar-refractivity contribution in [2.45, 2.75) is 153 Å². The van der Waals surface area contributed by atoms with Crippen LogP contribution in [0.25, 0.3) is 22.2 Å². The normalized spacial score (nSPS) is 22.4. The van der Waals surface area contributed by atoms with Crippen LogP contribution in [-0.4, -0.2) is 101 Å². The third-order valence-corrected chi connectivity index (χ3v) is 12.8. The highest BCUT2D eigenvalue weighted by atomic mass is 35.5. The van der Waals surface area contributed by atoms with Crippen LogP contribution in [0.1, 0.15) is 145 Å². The maximum absolute atomic E-state index is 13.3. The van der Waals surface area contributed by atoms with Crippen molar-refractivity contribution in [1.82, 2.24) is 50.8 Å².